The second kappa shape index (κ2) is 38.7. The third kappa shape index (κ3) is 20.8. The number of aromatic nitrogens is 8. The van der Waals surface area contributed by atoms with E-state index in [9.17, 15) is 61.6 Å². The quantitative estimate of drug-likeness (QED) is 0.0268. The largest absolute Gasteiger partial charge is 0.332 e. The van der Waals surface area contributed by atoms with Crippen molar-refractivity contribution in [1.29, 1.82) is 0 Å². The van der Waals surface area contributed by atoms with Gasteiger partial charge in [0.2, 0.25) is 63.7 Å². The Kier molecular flexibility index (Phi) is 28.3. The van der Waals surface area contributed by atoms with Crippen LogP contribution in [0.4, 0.5) is 8.78 Å². The van der Waals surface area contributed by atoms with Crippen molar-refractivity contribution >= 4 is 98.5 Å². The molecule has 41 heteroatoms. The number of rotatable bonds is 24. The highest BCUT2D eigenvalue weighted by Gasteiger charge is 2.39. The van der Waals surface area contributed by atoms with Gasteiger partial charge in [-0.1, -0.05) is 138 Å². The number of hydrogen-bond acceptors (Lipinski definition) is 20. The summed E-state index contributed by atoms with van der Waals surface area (Å²) in [6.07, 6.45) is 1.71. The van der Waals surface area contributed by atoms with Crippen molar-refractivity contribution in [3.05, 3.63) is 282 Å². The van der Waals surface area contributed by atoms with Crippen LogP contribution in [0.1, 0.15) is 117 Å². The van der Waals surface area contributed by atoms with E-state index < -0.39 is 63.6 Å². The van der Waals surface area contributed by atoms with Gasteiger partial charge in [-0.05, 0) is 153 Å². The number of H-pyrrole nitrogens is 4. The van der Waals surface area contributed by atoms with Gasteiger partial charge in [-0.25, -0.2) is 63.0 Å². The number of nitrogens with two attached hydrogens (primary N) is 8. The minimum absolute atomic E-state index is 0.00658. The van der Waals surface area contributed by atoms with Crippen molar-refractivity contribution in [2.24, 2.45) is 43.5 Å². The predicted molar refractivity (Wildman–Crippen MR) is 465 cm³/mol. The topological polar surface area (TPSA) is 541 Å². The Bertz CT molecular complexity index is 6490. The third-order valence-electron chi connectivity index (χ3n) is 21.8. The number of aromatic amines is 4. The standard InChI is InChI=1S/3C21H22ClN5O3S.C21H21F2N5O3S/c22-15-5-1-13(2-6-15)17(9-10-23)21(28)27-11-18-19(12-27)25-26-20(18)14-3-7-16(8-4-14)31(24,29)30;22-15-3-1-2-14(10-15)17(8-9-23)21(28)27-11-18-19(12-27)25-26-20(18)13-4-6-16(7-5-13)31(24,29)30;22-18-4-2-1-3-15(18)16(9-10-23)21(28)27-11-17-19(12-27)25-26-20(17)13-5-7-14(8-6-13)31(24,29)30;22-17-3-1-2-14(19(17)23)15(8-9-24)21(29)28-10-16-18(11-28)26-27-20(16)12-4-6-13(7-5-12)32(25,30)31/h1-8,17H,9-12,23H2,(H,25,26)(H2,24,29,30);1-7,10,17H,8-9,11-12,23H2,(H,25,26)(H2,24,29,30);1-8,16H,9-12,23H2,(H,25,26)(H2,24,29,30);1-7,15H,8-11,24H2,(H,26,27)(H2,25,30,31). The van der Waals surface area contributed by atoms with E-state index in [1.807, 2.05) is 42.5 Å². The first kappa shape index (κ1) is 91.4. The molecule has 0 saturated carbocycles. The normalized spacial score (nSPS) is 14.5. The lowest BCUT2D eigenvalue weighted by Crippen LogP contribution is -2.32. The second-order valence-electron chi connectivity index (χ2n) is 30.0. The monoisotopic (exact) mass is 1840 g/mol. The molecule has 4 aliphatic rings. The Labute approximate surface area is 733 Å². The fourth-order valence-corrected chi connectivity index (χ4v) is 18.2. The van der Waals surface area contributed by atoms with Gasteiger partial charge < -0.3 is 42.5 Å². The Morgan fingerprint density at radius 1 is 0.344 bits per heavy atom. The zero-order valence-electron chi connectivity index (χ0n) is 66.6. The molecule has 0 bridgehead atoms. The van der Waals surface area contributed by atoms with Crippen molar-refractivity contribution < 1.29 is 61.6 Å². The van der Waals surface area contributed by atoms with E-state index in [1.165, 1.54) is 65.6 Å². The Balaban J connectivity index is 0.000000143. The fraction of sp³-hybridized carbons (Fsp3) is 0.238. The van der Waals surface area contributed by atoms with Crippen molar-refractivity contribution in [2.75, 3.05) is 26.2 Å². The second-order valence-corrected chi connectivity index (χ2v) is 37.5. The molecule has 4 aliphatic heterocycles. The van der Waals surface area contributed by atoms with Crippen LogP contribution in [-0.2, 0) is 112 Å². The van der Waals surface area contributed by atoms with Gasteiger partial charge in [0.25, 0.3) is 0 Å². The molecule has 4 atom stereocenters. The average Bonchev–Trinajstić information content (AvgIpc) is 1.64. The maximum atomic E-state index is 14.4. The summed E-state index contributed by atoms with van der Waals surface area (Å²) in [4.78, 5) is 60.2. The molecule has 16 rings (SSSR count). The molecule has 8 aromatic carbocycles. The van der Waals surface area contributed by atoms with Crippen LogP contribution in [-0.4, -0.2) is 144 Å². The van der Waals surface area contributed by atoms with Crippen LogP contribution in [0.15, 0.2) is 208 Å². The summed E-state index contributed by atoms with van der Waals surface area (Å²) in [7, 11) is -15.1. The number of fused-ring (bicyclic) bond motifs is 4. The van der Waals surface area contributed by atoms with E-state index in [-0.39, 0.29) is 86.7 Å². The highest BCUT2D eigenvalue weighted by atomic mass is 35.5. The summed E-state index contributed by atoms with van der Waals surface area (Å²) in [5.41, 5.74) is 37.7. The number of carbonyl (C=O) groups is 4. The Morgan fingerprint density at radius 2 is 0.640 bits per heavy atom. The van der Waals surface area contributed by atoms with Crippen LogP contribution in [0.25, 0.3) is 45.0 Å². The summed E-state index contributed by atoms with van der Waals surface area (Å²) < 4.78 is 120. The zero-order valence-corrected chi connectivity index (χ0v) is 72.2. The van der Waals surface area contributed by atoms with Crippen LogP contribution in [0.3, 0.4) is 0 Å². The van der Waals surface area contributed by atoms with E-state index in [0.717, 1.165) is 84.5 Å². The molecular formula is C84H87Cl3F2N20O12S4. The molecule has 20 N–H and O–H groups in total. The maximum Gasteiger partial charge on any atom is 0.238 e. The van der Waals surface area contributed by atoms with Gasteiger partial charge in [0.1, 0.15) is 0 Å². The molecule has 4 aromatic heterocycles. The molecule has 0 aliphatic carbocycles. The van der Waals surface area contributed by atoms with Crippen LogP contribution >= 0.6 is 34.8 Å². The highest BCUT2D eigenvalue weighted by molar-refractivity contribution is 7.90. The lowest BCUT2D eigenvalue weighted by atomic mass is 9.93. The fourth-order valence-electron chi connectivity index (χ4n) is 15.6. The summed E-state index contributed by atoms with van der Waals surface area (Å²) >= 11 is 18.5. The van der Waals surface area contributed by atoms with Gasteiger partial charge in [-0.3, -0.25) is 39.6 Å². The van der Waals surface area contributed by atoms with E-state index in [4.69, 9.17) is 78.3 Å². The number of nitrogens with zero attached hydrogens (tertiary/aromatic N) is 8. The number of carbonyl (C=O) groups excluding carboxylic acids is 4. The molecule has 0 fully saturated rings. The summed E-state index contributed by atoms with van der Waals surface area (Å²) in [6, 6.07) is 50.2. The summed E-state index contributed by atoms with van der Waals surface area (Å²) in [5.74, 6) is -4.56. The Hall–Kier alpha value is -11.3. The van der Waals surface area contributed by atoms with E-state index >= 15 is 0 Å². The van der Waals surface area contributed by atoms with Crippen molar-refractivity contribution in [1.82, 2.24) is 60.4 Å². The van der Waals surface area contributed by atoms with Crippen molar-refractivity contribution in [2.45, 2.75) is 121 Å². The zero-order chi connectivity index (χ0) is 89.6. The smallest absolute Gasteiger partial charge is 0.238 e. The van der Waals surface area contributed by atoms with Crippen LogP contribution in [0, 0.1) is 11.6 Å². The van der Waals surface area contributed by atoms with E-state index in [0.29, 0.717) is 122 Å². The number of primary sulfonamides is 4. The van der Waals surface area contributed by atoms with Gasteiger partial charge in [0.15, 0.2) is 11.6 Å². The number of hydrogen-bond donors (Lipinski definition) is 12. The molecule has 32 nitrogen and oxygen atoms in total. The Morgan fingerprint density at radius 3 is 0.960 bits per heavy atom. The molecule has 0 radical (unpaired) electrons. The first-order valence-electron chi connectivity index (χ1n) is 39.0. The van der Waals surface area contributed by atoms with Crippen LogP contribution in [0.2, 0.25) is 15.1 Å². The van der Waals surface area contributed by atoms with E-state index in [1.54, 1.807) is 93.6 Å². The molecule has 4 unspecified atom stereocenters. The van der Waals surface area contributed by atoms with Gasteiger partial charge in [-0.2, -0.15) is 20.4 Å². The maximum absolute atomic E-state index is 14.4. The van der Waals surface area contributed by atoms with E-state index in [2.05, 4.69) is 40.8 Å². The molecular weight excluding hydrogens is 1750 g/mol. The first-order valence-corrected chi connectivity index (χ1v) is 46.3. The van der Waals surface area contributed by atoms with Crippen LogP contribution in [0.5, 0.6) is 0 Å². The molecule has 4 amide bonds. The summed E-state index contributed by atoms with van der Waals surface area (Å²) in [6.45, 7) is 4.16. The number of halogens is 5. The summed E-state index contributed by atoms with van der Waals surface area (Å²) in [5, 5.41) is 51.7. The van der Waals surface area contributed by atoms with Gasteiger partial charge in [0, 0.05) is 65.1 Å². The lowest BCUT2D eigenvalue weighted by Gasteiger charge is -2.24. The molecule has 654 valence electrons. The van der Waals surface area contributed by atoms with Gasteiger partial charge >= 0.3 is 0 Å². The molecule has 12 aromatic rings. The van der Waals surface area contributed by atoms with Gasteiger partial charge in [0.05, 0.1) is 141 Å². The molecule has 0 saturated heterocycles. The highest BCUT2D eigenvalue weighted by Crippen LogP contribution is 2.41. The predicted octanol–water partition coefficient (Wildman–Crippen LogP) is 9.03. The lowest BCUT2D eigenvalue weighted by molar-refractivity contribution is -0.134. The molecule has 125 heavy (non-hydrogen) atoms. The third-order valence-corrected chi connectivity index (χ3v) is 26.4. The number of benzene rings is 8. The van der Waals surface area contributed by atoms with Crippen molar-refractivity contribution in [3.8, 4) is 45.0 Å². The number of nitrogens with one attached hydrogen (secondary N) is 4. The van der Waals surface area contributed by atoms with Crippen LogP contribution < -0.4 is 43.5 Å². The number of amides is 4. The molecule has 8 heterocycles. The SMILES string of the molecule is NCCC(C(=O)N1Cc2[nH]nc(-c3ccc(S(N)(=O)=O)cc3)c2C1)c1ccc(Cl)cc1.NCCC(C(=O)N1Cc2[nH]nc(-c3ccc(S(N)(=O)=O)cc3)c2C1)c1cccc(Cl)c1.NCCC(C(=O)N1Cc2[nH]nc(-c3ccc(S(N)(=O)=O)cc3)c2C1)c1cccc(F)c1F.NCCC(C(=O)N1Cc2[nH]nc(-c3ccc(S(N)(=O)=O)cc3)c2C1)c1ccccc1Cl. The van der Waals surface area contributed by atoms with Gasteiger partial charge in [-0.15, -0.1) is 0 Å². The molecule has 0 spiro atoms. The first-order chi connectivity index (χ1) is 59.5. The minimum Gasteiger partial charge on any atom is -0.332 e. The minimum atomic E-state index is -3.82. The number of sulfonamides is 4. The van der Waals surface area contributed by atoms with Crippen molar-refractivity contribution in [3.63, 3.8) is 0 Å². The average molecular weight is 1840 g/mol.